The largest absolute Gasteiger partial charge is 0.481 e. The monoisotopic (exact) mass is 352 g/mol. The Morgan fingerprint density at radius 2 is 1.77 bits per heavy atom. The number of likely N-dealkylation sites (tertiary alicyclic amines) is 1. The van der Waals surface area contributed by atoms with Crippen molar-refractivity contribution in [3.05, 3.63) is 53.3 Å². The maximum absolute atomic E-state index is 13.1. The number of piperidine rings is 1. The van der Waals surface area contributed by atoms with E-state index in [1.807, 2.05) is 55.1 Å². The average Bonchev–Trinajstić information content (AvgIpc) is 3.25. The van der Waals surface area contributed by atoms with Crippen molar-refractivity contribution in [2.45, 2.75) is 33.1 Å². The second kappa shape index (κ2) is 6.01. The standard InChI is InChI=1S/C21H24N2O3/c1-14-12-17(15(2)23(14)16-6-4-3-5-7-16)19(24)22-10-8-21(9-11-22)13-18(21)20(25)26/h3-7,12,18H,8-11,13H2,1-2H3,(H,25,26). The second-order valence-corrected chi connectivity index (χ2v) is 7.71. The number of aliphatic carboxylic acids is 1. The molecule has 26 heavy (non-hydrogen) atoms. The van der Waals surface area contributed by atoms with Crippen LogP contribution in [0.5, 0.6) is 0 Å². The van der Waals surface area contributed by atoms with Gasteiger partial charge in [0.05, 0.1) is 11.5 Å². The van der Waals surface area contributed by atoms with Crippen molar-refractivity contribution in [1.82, 2.24) is 9.47 Å². The molecule has 136 valence electrons. The number of carboxylic acid groups (broad SMARTS) is 1. The number of carboxylic acids is 1. The Labute approximate surface area is 153 Å². The van der Waals surface area contributed by atoms with E-state index in [0.29, 0.717) is 13.1 Å². The highest BCUT2D eigenvalue weighted by Crippen LogP contribution is 2.59. The minimum atomic E-state index is -0.684. The first-order valence-electron chi connectivity index (χ1n) is 9.19. The Bertz CT molecular complexity index is 861. The zero-order valence-corrected chi connectivity index (χ0v) is 15.2. The Kier molecular flexibility index (Phi) is 3.90. The zero-order valence-electron chi connectivity index (χ0n) is 15.2. The topological polar surface area (TPSA) is 62.5 Å². The van der Waals surface area contributed by atoms with Gasteiger partial charge in [-0.2, -0.15) is 0 Å². The third-order valence-electron chi connectivity index (χ3n) is 6.21. The van der Waals surface area contributed by atoms with Crippen molar-refractivity contribution in [2.75, 3.05) is 13.1 Å². The number of carbonyl (C=O) groups is 2. The molecule has 0 radical (unpaired) electrons. The lowest BCUT2D eigenvalue weighted by atomic mass is 9.90. The van der Waals surface area contributed by atoms with Gasteiger partial charge in [0, 0.05) is 30.2 Å². The third-order valence-corrected chi connectivity index (χ3v) is 6.21. The van der Waals surface area contributed by atoms with Gasteiger partial charge in [-0.15, -0.1) is 0 Å². The first-order chi connectivity index (χ1) is 12.4. The molecule has 2 heterocycles. The SMILES string of the molecule is Cc1cc(C(=O)N2CCC3(CC2)CC3C(=O)O)c(C)n1-c1ccccc1. The summed E-state index contributed by atoms with van der Waals surface area (Å²) in [5.41, 5.74) is 3.74. The molecule has 1 aromatic carbocycles. The lowest BCUT2D eigenvalue weighted by molar-refractivity contribution is -0.139. The van der Waals surface area contributed by atoms with Gasteiger partial charge in [-0.3, -0.25) is 9.59 Å². The molecule has 1 saturated heterocycles. The molecule has 1 aliphatic heterocycles. The highest BCUT2D eigenvalue weighted by atomic mass is 16.4. The molecular formula is C21H24N2O3. The minimum absolute atomic E-state index is 0.0520. The first kappa shape index (κ1) is 16.9. The van der Waals surface area contributed by atoms with Crippen molar-refractivity contribution in [3.63, 3.8) is 0 Å². The van der Waals surface area contributed by atoms with E-state index in [4.69, 9.17) is 0 Å². The summed E-state index contributed by atoms with van der Waals surface area (Å²) in [6, 6.07) is 12.0. The number of nitrogens with zero attached hydrogens (tertiary/aromatic N) is 2. The van der Waals surface area contributed by atoms with E-state index in [0.717, 1.165) is 41.9 Å². The number of hydrogen-bond donors (Lipinski definition) is 1. The van der Waals surface area contributed by atoms with Crippen molar-refractivity contribution in [1.29, 1.82) is 0 Å². The van der Waals surface area contributed by atoms with Gasteiger partial charge in [0.1, 0.15) is 0 Å². The van der Waals surface area contributed by atoms with Gasteiger partial charge in [0.2, 0.25) is 0 Å². The highest BCUT2D eigenvalue weighted by Gasteiger charge is 2.59. The van der Waals surface area contributed by atoms with Crippen LogP contribution in [-0.2, 0) is 4.79 Å². The van der Waals surface area contributed by atoms with Gasteiger partial charge >= 0.3 is 5.97 Å². The summed E-state index contributed by atoms with van der Waals surface area (Å²) in [6.45, 7) is 5.30. The van der Waals surface area contributed by atoms with E-state index in [1.54, 1.807) is 0 Å². The van der Waals surface area contributed by atoms with Gasteiger partial charge in [0.25, 0.3) is 5.91 Å². The number of rotatable bonds is 3. The Hall–Kier alpha value is -2.56. The van der Waals surface area contributed by atoms with Gasteiger partial charge in [0.15, 0.2) is 0 Å². The van der Waals surface area contributed by atoms with Crippen LogP contribution in [-0.4, -0.2) is 39.5 Å². The summed E-state index contributed by atoms with van der Waals surface area (Å²) in [4.78, 5) is 26.2. The fourth-order valence-electron chi connectivity index (χ4n) is 4.53. The van der Waals surface area contributed by atoms with E-state index in [1.165, 1.54) is 0 Å². The number of benzene rings is 1. The maximum Gasteiger partial charge on any atom is 0.307 e. The molecule has 2 aromatic rings. The average molecular weight is 352 g/mol. The molecule has 1 unspecified atom stereocenters. The molecule has 5 nitrogen and oxygen atoms in total. The predicted octanol–water partition coefficient (Wildman–Crippen LogP) is 3.42. The molecule has 1 amide bonds. The number of aryl methyl sites for hydroxylation is 1. The van der Waals surface area contributed by atoms with E-state index in [-0.39, 0.29) is 17.2 Å². The summed E-state index contributed by atoms with van der Waals surface area (Å²) in [7, 11) is 0. The van der Waals surface area contributed by atoms with Crippen LogP contribution in [0.25, 0.3) is 5.69 Å². The van der Waals surface area contributed by atoms with Gasteiger partial charge in [-0.1, -0.05) is 18.2 Å². The Morgan fingerprint density at radius 3 is 2.35 bits per heavy atom. The number of para-hydroxylation sites is 1. The molecule has 0 bridgehead atoms. The molecule has 1 aromatic heterocycles. The predicted molar refractivity (Wildman–Crippen MR) is 98.6 cm³/mol. The molecule has 1 aliphatic carbocycles. The van der Waals surface area contributed by atoms with Crippen molar-refractivity contribution in [2.24, 2.45) is 11.3 Å². The summed E-state index contributed by atoms with van der Waals surface area (Å²) in [6.07, 6.45) is 2.37. The molecular weight excluding hydrogens is 328 g/mol. The lowest BCUT2D eigenvalue weighted by Gasteiger charge is -2.32. The van der Waals surface area contributed by atoms with E-state index >= 15 is 0 Å². The lowest BCUT2D eigenvalue weighted by Crippen LogP contribution is -2.40. The fourth-order valence-corrected chi connectivity index (χ4v) is 4.53. The molecule has 1 N–H and O–H groups in total. The zero-order chi connectivity index (χ0) is 18.5. The number of amides is 1. The van der Waals surface area contributed by atoms with Crippen LogP contribution < -0.4 is 0 Å². The van der Waals surface area contributed by atoms with Crippen LogP contribution in [0.2, 0.25) is 0 Å². The smallest absolute Gasteiger partial charge is 0.307 e. The van der Waals surface area contributed by atoms with Crippen molar-refractivity contribution in [3.8, 4) is 5.69 Å². The number of aromatic nitrogens is 1. The Morgan fingerprint density at radius 1 is 1.12 bits per heavy atom. The van der Waals surface area contributed by atoms with Crippen LogP contribution in [0.15, 0.2) is 36.4 Å². The van der Waals surface area contributed by atoms with E-state index < -0.39 is 5.97 Å². The number of carbonyl (C=O) groups excluding carboxylic acids is 1. The highest BCUT2D eigenvalue weighted by molar-refractivity contribution is 5.96. The van der Waals surface area contributed by atoms with Crippen molar-refractivity contribution < 1.29 is 14.7 Å². The van der Waals surface area contributed by atoms with Crippen LogP contribution in [0.3, 0.4) is 0 Å². The number of hydrogen-bond acceptors (Lipinski definition) is 2. The molecule has 1 atom stereocenters. The minimum Gasteiger partial charge on any atom is -0.481 e. The maximum atomic E-state index is 13.1. The van der Waals surface area contributed by atoms with Crippen LogP contribution in [0.1, 0.15) is 41.0 Å². The Balaban J connectivity index is 1.52. The summed E-state index contributed by atoms with van der Waals surface area (Å²) < 4.78 is 2.11. The summed E-state index contributed by atoms with van der Waals surface area (Å²) in [5, 5.41) is 9.22. The summed E-state index contributed by atoms with van der Waals surface area (Å²) >= 11 is 0. The van der Waals surface area contributed by atoms with Crippen LogP contribution >= 0.6 is 0 Å². The molecule has 5 heteroatoms. The van der Waals surface area contributed by atoms with Crippen LogP contribution in [0.4, 0.5) is 0 Å². The quantitative estimate of drug-likeness (QED) is 0.921. The fraction of sp³-hybridized carbons (Fsp3) is 0.429. The molecule has 1 saturated carbocycles. The van der Waals surface area contributed by atoms with Gasteiger partial charge < -0.3 is 14.6 Å². The van der Waals surface area contributed by atoms with Gasteiger partial charge in [-0.05, 0) is 56.7 Å². The summed E-state index contributed by atoms with van der Waals surface area (Å²) in [5.74, 6) is -0.832. The second-order valence-electron chi connectivity index (χ2n) is 7.71. The van der Waals surface area contributed by atoms with E-state index in [9.17, 15) is 14.7 Å². The molecule has 2 aliphatic rings. The first-order valence-corrected chi connectivity index (χ1v) is 9.19. The molecule has 1 spiro atoms. The van der Waals surface area contributed by atoms with Crippen LogP contribution in [0, 0.1) is 25.2 Å². The normalized spacial score (nSPS) is 21.0. The molecule has 2 fully saturated rings. The van der Waals surface area contributed by atoms with Crippen molar-refractivity contribution >= 4 is 11.9 Å². The molecule has 4 rings (SSSR count). The van der Waals surface area contributed by atoms with Gasteiger partial charge in [-0.25, -0.2) is 0 Å². The van der Waals surface area contributed by atoms with E-state index in [2.05, 4.69) is 4.57 Å². The third kappa shape index (κ3) is 2.62.